The van der Waals surface area contributed by atoms with Gasteiger partial charge in [-0.05, 0) is 53.5 Å². The fraction of sp³-hybridized carbons (Fsp3) is 1.00. The molecule has 1 aliphatic carbocycles. The van der Waals surface area contributed by atoms with E-state index in [2.05, 4.69) is 43.2 Å². The fourth-order valence-electron chi connectivity index (χ4n) is 4.02. The van der Waals surface area contributed by atoms with Gasteiger partial charge in [-0.3, -0.25) is 0 Å². The number of hydrogen-bond donors (Lipinski definition) is 2. The highest BCUT2D eigenvalue weighted by Crippen LogP contribution is 2.21. The lowest BCUT2D eigenvalue weighted by atomic mass is 9.95. The van der Waals surface area contributed by atoms with Crippen LogP contribution in [0.15, 0.2) is 0 Å². The Balaban J connectivity index is 1.74. The number of nitrogens with zero attached hydrogens (tertiary/aromatic N) is 1. The minimum atomic E-state index is 0.213. The van der Waals surface area contributed by atoms with Gasteiger partial charge in [0, 0.05) is 36.8 Å². The lowest BCUT2D eigenvalue weighted by Crippen LogP contribution is -2.54. The third kappa shape index (κ3) is 5.34. The molecule has 0 aromatic heterocycles. The van der Waals surface area contributed by atoms with Gasteiger partial charge in [-0.15, -0.1) is 0 Å². The molecular formula is C17H35N3. The zero-order valence-corrected chi connectivity index (χ0v) is 14.1. The predicted octanol–water partition coefficient (Wildman–Crippen LogP) is 2.76. The average Bonchev–Trinajstić information content (AvgIpc) is 2.45. The average molecular weight is 281 g/mol. The van der Waals surface area contributed by atoms with Crippen LogP contribution in [0.3, 0.4) is 0 Å². The smallest absolute Gasteiger partial charge is 0.0257 e. The first-order valence-electron chi connectivity index (χ1n) is 8.61. The van der Waals surface area contributed by atoms with Gasteiger partial charge in [0.1, 0.15) is 0 Å². The molecule has 3 heteroatoms. The minimum Gasteiger partial charge on any atom is -0.313 e. The van der Waals surface area contributed by atoms with E-state index in [9.17, 15) is 0 Å². The van der Waals surface area contributed by atoms with Crippen molar-refractivity contribution in [3.8, 4) is 0 Å². The van der Waals surface area contributed by atoms with E-state index in [0.29, 0.717) is 0 Å². The molecule has 1 aliphatic heterocycles. The summed E-state index contributed by atoms with van der Waals surface area (Å²) in [5.74, 6) is 0. The van der Waals surface area contributed by atoms with Gasteiger partial charge in [0.15, 0.2) is 0 Å². The highest BCUT2D eigenvalue weighted by Gasteiger charge is 2.32. The molecule has 0 unspecified atom stereocenters. The van der Waals surface area contributed by atoms with Gasteiger partial charge in [-0.2, -0.15) is 0 Å². The second-order valence-electron chi connectivity index (χ2n) is 8.21. The summed E-state index contributed by atoms with van der Waals surface area (Å²) in [4.78, 5) is 2.64. The topological polar surface area (TPSA) is 27.3 Å². The molecule has 3 nitrogen and oxygen atoms in total. The van der Waals surface area contributed by atoms with Gasteiger partial charge in [-0.1, -0.05) is 19.3 Å². The van der Waals surface area contributed by atoms with Crippen molar-refractivity contribution < 1.29 is 0 Å². The SMILES string of the molecule is CC1(C)CCN(CCNC2CCCCC2)CC(C)(C)N1. The van der Waals surface area contributed by atoms with Crippen LogP contribution >= 0.6 is 0 Å². The third-order valence-corrected chi connectivity index (χ3v) is 4.81. The summed E-state index contributed by atoms with van der Waals surface area (Å²) >= 11 is 0. The Morgan fingerprint density at radius 1 is 1.05 bits per heavy atom. The van der Waals surface area contributed by atoms with Gasteiger partial charge < -0.3 is 15.5 Å². The van der Waals surface area contributed by atoms with Gasteiger partial charge in [0.25, 0.3) is 0 Å². The first-order chi connectivity index (χ1) is 9.36. The standard InChI is InChI=1S/C17H35N3/c1-16(2)10-12-20(14-17(3,4)19-16)13-11-18-15-8-6-5-7-9-15/h15,18-19H,5-14H2,1-4H3. The molecule has 0 aromatic rings. The van der Waals surface area contributed by atoms with E-state index in [-0.39, 0.29) is 11.1 Å². The minimum absolute atomic E-state index is 0.213. The summed E-state index contributed by atoms with van der Waals surface area (Å²) in [6.45, 7) is 14.1. The molecule has 2 aliphatic rings. The van der Waals surface area contributed by atoms with E-state index >= 15 is 0 Å². The van der Waals surface area contributed by atoms with Crippen LogP contribution in [-0.2, 0) is 0 Å². The maximum atomic E-state index is 3.80. The highest BCUT2D eigenvalue weighted by molar-refractivity contribution is 4.94. The van der Waals surface area contributed by atoms with Crippen LogP contribution in [0.5, 0.6) is 0 Å². The van der Waals surface area contributed by atoms with Crippen molar-refractivity contribution in [1.82, 2.24) is 15.5 Å². The molecule has 2 fully saturated rings. The van der Waals surface area contributed by atoms with E-state index in [0.717, 1.165) is 19.1 Å². The molecule has 2 rings (SSSR count). The van der Waals surface area contributed by atoms with Crippen LogP contribution in [0.1, 0.15) is 66.2 Å². The van der Waals surface area contributed by atoms with E-state index in [1.54, 1.807) is 0 Å². The van der Waals surface area contributed by atoms with Crippen molar-refractivity contribution in [1.29, 1.82) is 0 Å². The lowest BCUT2D eigenvalue weighted by Gasteiger charge is -2.35. The van der Waals surface area contributed by atoms with E-state index in [1.807, 2.05) is 0 Å². The van der Waals surface area contributed by atoms with Crippen molar-refractivity contribution in [2.24, 2.45) is 0 Å². The Bertz CT molecular complexity index is 293. The molecule has 0 atom stereocenters. The number of nitrogens with one attached hydrogen (secondary N) is 2. The normalized spacial score (nSPS) is 28.2. The molecule has 0 amide bonds. The van der Waals surface area contributed by atoms with Gasteiger partial charge in [0.05, 0.1) is 0 Å². The van der Waals surface area contributed by atoms with Crippen LogP contribution in [-0.4, -0.2) is 48.2 Å². The quantitative estimate of drug-likeness (QED) is 0.830. The second-order valence-corrected chi connectivity index (χ2v) is 8.21. The van der Waals surface area contributed by atoms with Gasteiger partial charge in [0.2, 0.25) is 0 Å². The lowest BCUT2D eigenvalue weighted by molar-refractivity contribution is 0.220. The third-order valence-electron chi connectivity index (χ3n) is 4.81. The molecule has 1 heterocycles. The van der Waals surface area contributed by atoms with Crippen LogP contribution in [0, 0.1) is 0 Å². The maximum absolute atomic E-state index is 3.80. The first kappa shape index (κ1) is 16.3. The summed E-state index contributed by atoms with van der Waals surface area (Å²) in [6.07, 6.45) is 8.30. The number of rotatable bonds is 4. The van der Waals surface area contributed by atoms with E-state index in [4.69, 9.17) is 0 Å². The first-order valence-corrected chi connectivity index (χ1v) is 8.61. The Labute approximate surface area is 125 Å². The zero-order valence-electron chi connectivity index (χ0n) is 14.1. The van der Waals surface area contributed by atoms with Crippen molar-refractivity contribution in [2.75, 3.05) is 26.2 Å². The van der Waals surface area contributed by atoms with Crippen LogP contribution in [0.25, 0.3) is 0 Å². The Kier molecular flexibility index (Phi) is 5.49. The largest absolute Gasteiger partial charge is 0.313 e. The molecule has 1 saturated heterocycles. The van der Waals surface area contributed by atoms with E-state index < -0.39 is 0 Å². The highest BCUT2D eigenvalue weighted by atomic mass is 15.2. The van der Waals surface area contributed by atoms with Crippen molar-refractivity contribution in [3.63, 3.8) is 0 Å². The molecule has 0 bridgehead atoms. The predicted molar refractivity (Wildman–Crippen MR) is 87.2 cm³/mol. The monoisotopic (exact) mass is 281 g/mol. The van der Waals surface area contributed by atoms with E-state index in [1.165, 1.54) is 51.6 Å². The summed E-state index contributed by atoms with van der Waals surface area (Å²) in [5, 5.41) is 7.58. The van der Waals surface area contributed by atoms with Gasteiger partial charge in [-0.25, -0.2) is 0 Å². The van der Waals surface area contributed by atoms with Crippen molar-refractivity contribution >= 4 is 0 Å². The zero-order chi connectivity index (χ0) is 14.6. The Hall–Kier alpha value is -0.120. The Morgan fingerprint density at radius 3 is 2.45 bits per heavy atom. The molecule has 118 valence electrons. The molecule has 0 radical (unpaired) electrons. The van der Waals surface area contributed by atoms with Crippen molar-refractivity contribution in [3.05, 3.63) is 0 Å². The van der Waals surface area contributed by atoms with Gasteiger partial charge >= 0.3 is 0 Å². The van der Waals surface area contributed by atoms with Crippen molar-refractivity contribution in [2.45, 2.75) is 83.3 Å². The van der Waals surface area contributed by atoms with Crippen LogP contribution < -0.4 is 10.6 Å². The van der Waals surface area contributed by atoms with Crippen LogP contribution in [0.2, 0.25) is 0 Å². The summed E-state index contributed by atoms with van der Waals surface area (Å²) in [7, 11) is 0. The summed E-state index contributed by atoms with van der Waals surface area (Å²) in [6, 6.07) is 0.790. The molecule has 2 N–H and O–H groups in total. The maximum Gasteiger partial charge on any atom is 0.0257 e. The molecule has 0 spiro atoms. The molecular weight excluding hydrogens is 246 g/mol. The molecule has 20 heavy (non-hydrogen) atoms. The molecule has 1 saturated carbocycles. The number of hydrogen-bond acceptors (Lipinski definition) is 3. The Morgan fingerprint density at radius 2 is 1.75 bits per heavy atom. The molecule has 0 aromatic carbocycles. The second kappa shape index (κ2) is 6.76. The summed E-state index contributed by atoms with van der Waals surface area (Å²) < 4.78 is 0. The summed E-state index contributed by atoms with van der Waals surface area (Å²) in [5.41, 5.74) is 0.472. The fourth-order valence-corrected chi connectivity index (χ4v) is 4.02. The van der Waals surface area contributed by atoms with Crippen LogP contribution in [0.4, 0.5) is 0 Å².